The average molecular weight is 404 g/mol. The molecule has 0 atom stereocenters. The van der Waals surface area contributed by atoms with Gasteiger partial charge in [0, 0.05) is 19.2 Å². The van der Waals surface area contributed by atoms with Crippen LogP contribution >= 0.6 is 0 Å². The maximum atomic E-state index is 12.6. The molecular formula is C24H24N2O4. The molecule has 0 N–H and O–H groups in total. The lowest BCUT2D eigenvalue weighted by Gasteiger charge is -2.22. The summed E-state index contributed by atoms with van der Waals surface area (Å²) in [4.78, 5) is 25.9. The van der Waals surface area contributed by atoms with Crippen LogP contribution in [0.25, 0.3) is 10.8 Å². The molecule has 1 aliphatic rings. The summed E-state index contributed by atoms with van der Waals surface area (Å²) in [7, 11) is 0. The second-order valence-electron chi connectivity index (χ2n) is 7.58. The van der Waals surface area contributed by atoms with Crippen LogP contribution in [0.5, 0.6) is 0 Å². The Bertz CT molecular complexity index is 1070. The van der Waals surface area contributed by atoms with E-state index in [1.165, 1.54) is 6.07 Å². The van der Waals surface area contributed by atoms with E-state index >= 15 is 0 Å². The zero-order valence-electron chi connectivity index (χ0n) is 16.8. The van der Waals surface area contributed by atoms with E-state index in [-0.39, 0.29) is 17.9 Å². The maximum Gasteiger partial charge on any atom is 0.338 e. The standard InChI is InChI=1S/C24H24N2O4/c27-24(30-17-20-10-7-9-18-8-3-4-11-21(18)20)19-12-13-22(23(16-19)26(28)29)25-14-5-1-2-6-15-25/h3-4,7-13,16H,1-2,5-6,14-15,17H2. The van der Waals surface area contributed by atoms with Crippen LogP contribution in [0.1, 0.15) is 41.6 Å². The van der Waals surface area contributed by atoms with E-state index in [9.17, 15) is 14.9 Å². The number of nitrogens with zero attached hydrogens (tertiary/aromatic N) is 2. The fourth-order valence-electron chi connectivity index (χ4n) is 4.02. The summed E-state index contributed by atoms with van der Waals surface area (Å²) >= 11 is 0. The van der Waals surface area contributed by atoms with Gasteiger partial charge in [0.2, 0.25) is 0 Å². The number of hydrogen-bond donors (Lipinski definition) is 0. The first-order valence-electron chi connectivity index (χ1n) is 10.3. The second kappa shape index (κ2) is 8.95. The number of carbonyl (C=O) groups excluding carboxylic acids is 1. The lowest BCUT2D eigenvalue weighted by molar-refractivity contribution is -0.384. The molecule has 1 fully saturated rings. The molecule has 0 spiro atoms. The monoisotopic (exact) mass is 404 g/mol. The molecule has 0 bridgehead atoms. The Morgan fingerprint density at radius 2 is 1.70 bits per heavy atom. The van der Waals surface area contributed by atoms with Gasteiger partial charge in [0.05, 0.1) is 10.5 Å². The smallest absolute Gasteiger partial charge is 0.338 e. The Morgan fingerprint density at radius 3 is 2.47 bits per heavy atom. The Kier molecular flexibility index (Phi) is 5.93. The van der Waals surface area contributed by atoms with Crippen molar-refractivity contribution in [3.63, 3.8) is 0 Å². The number of nitro benzene ring substituents is 1. The molecule has 0 radical (unpaired) electrons. The van der Waals surface area contributed by atoms with Crippen LogP contribution in [0, 0.1) is 10.1 Å². The van der Waals surface area contributed by atoms with Gasteiger partial charge in [0.1, 0.15) is 12.3 Å². The lowest BCUT2D eigenvalue weighted by Crippen LogP contribution is -2.24. The molecule has 1 heterocycles. The molecule has 0 saturated carbocycles. The molecule has 0 amide bonds. The highest BCUT2D eigenvalue weighted by Crippen LogP contribution is 2.31. The van der Waals surface area contributed by atoms with Crippen molar-refractivity contribution in [2.24, 2.45) is 0 Å². The van der Waals surface area contributed by atoms with Crippen molar-refractivity contribution in [2.45, 2.75) is 32.3 Å². The van der Waals surface area contributed by atoms with Crippen molar-refractivity contribution in [3.8, 4) is 0 Å². The number of ether oxygens (including phenoxy) is 1. The molecule has 3 aromatic rings. The Morgan fingerprint density at radius 1 is 0.967 bits per heavy atom. The number of rotatable bonds is 5. The largest absolute Gasteiger partial charge is 0.457 e. The van der Waals surface area contributed by atoms with Gasteiger partial charge in [-0.15, -0.1) is 0 Å². The molecule has 0 unspecified atom stereocenters. The lowest BCUT2D eigenvalue weighted by atomic mass is 10.1. The fourth-order valence-corrected chi connectivity index (χ4v) is 4.02. The zero-order chi connectivity index (χ0) is 20.9. The number of esters is 1. The number of carbonyl (C=O) groups is 1. The SMILES string of the molecule is O=C(OCc1cccc2ccccc12)c1ccc(N2CCCCCC2)c([N+](=O)[O-])c1. The van der Waals surface area contributed by atoms with Gasteiger partial charge in [-0.2, -0.15) is 0 Å². The summed E-state index contributed by atoms with van der Waals surface area (Å²) in [6.45, 7) is 1.71. The number of benzene rings is 3. The van der Waals surface area contributed by atoms with Gasteiger partial charge >= 0.3 is 5.97 Å². The highest BCUT2D eigenvalue weighted by Gasteiger charge is 2.23. The third kappa shape index (κ3) is 4.27. The number of fused-ring (bicyclic) bond motifs is 1. The molecule has 1 aliphatic heterocycles. The third-order valence-corrected chi connectivity index (χ3v) is 5.59. The minimum Gasteiger partial charge on any atom is -0.457 e. The first-order valence-corrected chi connectivity index (χ1v) is 10.3. The van der Waals surface area contributed by atoms with E-state index in [2.05, 4.69) is 4.90 Å². The van der Waals surface area contributed by atoms with E-state index in [1.54, 1.807) is 12.1 Å². The van der Waals surface area contributed by atoms with E-state index in [4.69, 9.17) is 4.74 Å². The van der Waals surface area contributed by atoms with Gasteiger partial charge in [-0.3, -0.25) is 10.1 Å². The van der Waals surface area contributed by atoms with Crippen molar-refractivity contribution in [1.29, 1.82) is 0 Å². The number of nitro groups is 1. The van der Waals surface area contributed by atoms with Crippen LogP contribution in [0.15, 0.2) is 60.7 Å². The first-order chi connectivity index (χ1) is 14.6. The molecule has 4 rings (SSSR count). The summed E-state index contributed by atoms with van der Waals surface area (Å²) < 4.78 is 5.49. The van der Waals surface area contributed by atoms with E-state index in [0.717, 1.165) is 55.1 Å². The molecule has 1 saturated heterocycles. The van der Waals surface area contributed by atoms with Gasteiger partial charge < -0.3 is 9.64 Å². The van der Waals surface area contributed by atoms with Gasteiger partial charge in [-0.05, 0) is 41.3 Å². The molecule has 154 valence electrons. The minimum atomic E-state index is -0.562. The number of hydrogen-bond acceptors (Lipinski definition) is 5. The van der Waals surface area contributed by atoms with Crippen LogP contribution in [0.2, 0.25) is 0 Å². The highest BCUT2D eigenvalue weighted by atomic mass is 16.6. The van der Waals surface area contributed by atoms with Gasteiger partial charge in [0.15, 0.2) is 0 Å². The summed E-state index contributed by atoms with van der Waals surface area (Å²) in [6, 6.07) is 18.4. The van der Waals surface area contributed by atoms with Crippen LogP contribution < -0.4 is 4.90 Å². The van der Waals surface area contributed by atoms with Crippen molar-refractivity contribution in [2.75, 3.05) is 18.0 Å². The van der Waals surface area contributed by atoms with Crippen LogP contribution in [-0.4, -0.2) is 24.0 Å². The van der Waals surface area contributed by atoms with Gasteiger partial charge in [-0.25, -0.2) is 4.79 Å². The van der Waals surface area contributed by atoms with Crippen molar-refractivity contribution >= 4 is 28.1 Å². The minimum absolute atomic E-state index is 0.0449. The van der Waals surface area contributed by atoms with E-state index in [0.29, 0.717) is 5.69 Å². The quantitative estimate of drug-likeness (QED) is 0.320. The molecule has 0 aromatic heterocycles. The topological polar surface area (TPSA) is 72.7 Å². The highest BCUT2D eigenvalue weighted by molar-refractivity contribution is 5.92. The van der Waals surface area contributed by atoms with Crippen molar-refractivity contribution < 1.29 is 14.5 Å². The van der Waals surface area contributed by atoms with Gasteiger partial charge in [0.25, 0.3) is 5.69 Å². The van der Waals surface area contributed by atoms with Crippen molar-refractivity contribution in [1.82, 2.24) is 0 Å². The summed E-state index contributed by atoms with van der Waals surface area (Å²) in [5.41, 5.74) is 1.63. The summed E-state index contributed by atoms with van der Waals surface area (Å²) in [6.07, 6.45) is 4.32. The Balaban J connectivity index is 1.53. The summed E-state index contributed by atoms with van der Waals surface area (Å²) in [5.74, 6) is -0.562. The Hall–Kier alpha value is -3.41. The molecule has 6 nitrogen and oxygen atoms in total. The average Bonchev–Trinajstić information content (AvgIpc) is 3.06. The molecule has 3 aromatic carbocycles. The zero-order valence-corrected chi connectivity index (χ0v) is 16.8. The molecule has 6 heteroatoms. The predicted octanol–water partition coefficient (Wildman–Crippen LogP) is 5.49. The van der Waals surface area contributed by atoms with Crippen LogP contribution in [0.4, 0.5) is 11.4 Å². The van der Waals surface area contributed by atoms with E-state index < -0.39 is 10.9 Å². The second-order valence-corrected chi connectivity index (χ2v) is 7.58. The Labute approximate surface area is 175 Å². The maximum absolute atomic E-state index is 12.6. The van der Waals surface area contributed by atoms with Crippen LogP contribution in [0.3, 0.4) is 0 Å². The van der Waals surface area contributed by atoms with E-state index in [1.807, 2.05) is 42.5 Å². The first kappa shape index (κ1) is 19.9. The molecular weight excluding hydrogens is 380 g/mol. The predicted molar refractivity (Wildman–Crippen MR) is 117 cm³/mol. The number of anilines is 1. The van der Waals surface area contributed by atoms with Crippen LogP contribution in [-0.2, 0) is 11.3 Å². The molecule has 0 aliphatic carbocycles. The van der Waals surface area contributed by atoms with Gasteiger partial charge in [-0.1, -0.05) is 55.3 Å². The molecule has 30 heavy (non-hydrogen) atoms. The normalized spacial score (nSPS) is 14.3. The third-order valence-electron chi connectivity index (χ3n) is 5.59. The fraction of sp³-hybridized carbons (Fsp3) is 0.292. The summed E-state index contributed by atoms with van der Waals surface area (Å²) in [5, 5.41) is 13.8. The van der Waals surface area contributed by atoms with Crippen molar-refractivity contribution in [3.05, 3.63) is 81.9 Å².